The summed E-state index contributed by atoms with van der Waals surface area (Å²) in [6.45, 7) is 4.79. The van der Waals surface area contributed by atoms with Crippen molar-refractivity contribution in [1.29, 1.82) is 0 Å². The standard InChI is InChI=1S/C19H21NO2/c1-3-14-12-16(8-9-18(14)21)19(22)20-11-10-15-6-4-5-7-17(15)13(20)2/h4-9,12-13,21H,3,10-11H2,1-2H3. The summed E-state index contributed by atoms with van der Waals surface area (Å²) in [7, 11) is 0. The van der Waals surface area contributed by atoms with E-state index in [1.54, 1.807) is 12.1 Å². The average molecular weight is 295 g/mol. The number of phenols is 1. The summed E-state index contributed by atoms with van der Waals surface area (Å²) < 4.78 is 0. The molecule has 1 aliphatic rings. The number of amides is 1. The third-order valence-corrected chi connectivity index (χ3v) is 4.56. The quantitative estimate of drug-likeness (QED) is 0.917. The van der Waals surface area contributed by atoms with E-state index in [-0.39, 0.29) is 17.7 Å². The van der Waals surface area contributed by atoms with Gasteiger partial charge in [0.25, 0.3) is 5.91 Å². The molecular weight excluding hydrogens is 274 g/mol. The minimum absolute atomic E-state index is 0.0386. The van der Waals surface area contributed by atoms with E-state index in [4.69, 9.17) is 0 Å². The van der Waals surface area contributed by atoms with Crippen molar-refractivity contribution >= 4 is 5.91 Å². The fourth-order valence-corrected chi connectivity index (χ4v) is 3.22. The second-order valence-electron chi connectivity index (χ2n) is 5.82. The second kappa shape index (κ2) is 5.84. The van der Waals surface area contributed by atoms with Gasteiger partial charge in [-0.2, -0.15) is 0 Å². The molecule has 1 aliphatic heterocycles. The molecule has 3 rings (SSSR count). The number of carbonyl (C=O) groups is 1. The van der Waals surface area contributed by atoms with Crippen LogP contribution >= 0.6 is 0 Å². The predicted octanol–water partition coefficient (Wildman–Crippen LogP) is 3.71. The van der Waals surface area contributed by atoms with Gasteiger partial charge in [0.2, 0.25) is 0 Å². The minimum Gasteiger partial charge on any atom is -0.508 e. The molecular formula is C19H21NO2. The number of hydrogen-bond acceptors (Lipinski definition) is 2. The average Bonchev–Trinajstić information content (AvgIpc) is 2.55. The van der Waals surface area contributed by atoms with Gasteiger partial charge in [0, 0.05) is 12.1 Å². The van der Waals surface area contributed by atoms with Crippen molar-refractivity contribution in [3.63, 3.8) is 0 Å². The van der Waals surface area contributed by atoms with Crippen LogP contribution in [0.2, 0.25) is 0 Å². The number of aryl methyl sites for hydroxylation is 1. The van der Waals surface area contributed by atoms with Gasteiger partial charge in [-0.25, -0.2) is 0 Å². The summed E-state index contributed by atoms with van der Waals surface area (Å²) in [5.41, 5.74) is 4.03. The molecule has 0 aromatic heterocycles. The Hall–Kier alpha value is -2.29. The lowest BCUT2D eigenvalue weighted by Crippen LogP contribution is -2.38. The van der Waals surface area contributed by atoms with Gasteiger partial charge in [0.05, 0.1) is 6.04 Å². The number of nitrogens with zero attached hydrogens (tertiary/aromatic N) is 1. The van der Waals surface area contributed by atoms with Gasteiger partial charge in [0.1, 0.15) is 5.75 Å². The molecule has 3 heteroatoms. The van der Waals surface area contributed by atoms with Gasteiger partial charge in [-0.1, -0.05) is 31.2 Å². The molecule has 0 saturated heterocycles. The molecule has 3 nitrogen and oxygen atoms in total. The highest BCUT2D eigenvalue weighted by Crippen LogP contribution is 2.31. The Bertz CT molecular complexity index is 708. The van der Waals surface area contributed by atoms with Crippen LogP contribution in [0.3, 0.4) is 0 Å². The lowest BCUT2D eigenvalue weighted by Gasteiger charge is -2.35. The smallest absolute Gasteiger partial charge is 0.254 e. The summed E-state index contributed by atoms with van der Waals surface area (Å²) >= 11 is 0. The number of carbonyl (C=O) groups excluding carboxylic acids is 1. The maximum Gasteiger partial charge on any atom is 0.254 e. The molecule has 2 aromatic rings. The lowest BCUT2D eigenvalue weighted by molar-refractivity contribution is 0.0677. The first kappa shape index (κ1) is 14.6. The van der Waals surface area contributed by atoms with E-state index in [0.717, 1.165) is 18.5 Å². The van der Waals surface area contributed by atoms with Crippen molar-refractivity contribution in [2.24, 2.45) is 0 Å². The van der Waals surface area contributed by atoms with Gasteiger partial charge in [-0.15, -0.1) is 0 Å². The molecule has 1 heterocycles. The summed E-state index contributed by atoms with van der Waals surface area (Å²) in [5.74, 6) is 0.299. The van der Waals surface area contributed by atoms with Gasteiger partial charge in [0.15, 0.2) is 0 Å². The molecule has 0 spiro atoms. The maximum absolute atomic E-state index is 12.8. The molecule has 114 valence electrons. The van der Waals surface area contributed by atoms with Gasteiger partial charge in [-0.3, -0.25) is 4.79 Å². The zero-order valence-corrected chi connectivity index (χ0v) is 13.0. The summed E-state index contributed by atoms with van der Waals surface area (Å²) in [6, 6.07) is 13.5. The highest BCUT2D eigenvalue weighted by atomic mass is 16.3. The Balaban J connectivity index is 1.90. The van der Waals surface area contributed by atoms with Crippen LogP contribution in [-0.4, -0.2) is 22.5 Å². The lowest BCUT2D eigenvalue weighted by atomic mass is 9.93. The first-order valence-corrected chi connectivity index (χ1v) is 7.82. The Morgan fingerprint density at radius 2 is 2.05 bits per heavy atom. The fourth-order valence-electron chi connectivity index (χ4n) is 3.22. The first-order chi connectivity index (χ1) is 10.6. The Morgan fingerprint density at radius 1 is 1.27 bits per heavy atom. The van der Waals surface area contributed by atoms with Crippen molar-refractivity contribution in [3.05, 3.63) is 64.7 Å². The number of aromatic hydroxyl groups is 1. The molecule has 0 fully saturated rings. The van der Waals surface area contributed by atoms with E-state index >= 15 is 0 Å². The molecule has 1 unspecified atom stereocenters. The van der Waals surface area contributed by atoms with Gasteiger partial charge in [-0.05, 0) is 54.7 Å². The van der Waals surface area contributed by atoms with Crippen LogP contribution in [0.15, 0.2) is 42.5 Å². The summed E-state index contributed by atoms with van der Waals surface area (Å²) in [5, 5.41) is 9.78. The first-order valence-electron chi connectivity index (χ1n) is 7.82. The second-order valence-corrected chi connectivity index (χ2v) is 5.82. The SMILES string of the molecule is CCc1cc(C(=O)N2CCc3ccccc3C2C)ccc1O. The molecule has 0 aliphatic carbocycles. The van der Waals surface area contributed by atoms with E-state index in [1.807, 2.05) is 24.0 Å². The number of rotatable bonds is 2. The normalized spacial score (nSPS) is 17.2. The molecule has 0 radical (unpaired) electrons. The van der Waals surface area contributed by atoms with Crippen LogP contribution in [0.4, 0.5) is 0 Å². The molecule has 22 heavy (non-hydrogen) atoms. The number of phenolic OH excluding ortho intramolecular Hbond substituents is 1. The van der Waals surface area contributed by atoms with Crippen LogP contribution in [0.1, 0.15) is 46.9 Å². The monoisotopic (exact) mass is 295 g/mol. The van der Waals surface area contributed by atoms with Gasteiger partial charge < -0.3 is 10.0 Å². The van der Waals surface area contributed by atoms with Crippen LogP contribution in [0, 0.1) is 0 Å². The largest absolute Gasteiger partial charge is 0.508 e. The van der Waals surface area contributed by atoms with Crippen LogP contribution in [0.25, 0.3) is 0 Å². The van der Waals surface area contributed by atoms with E-state index < -0.39 is 0 Å². The number of benzene rings is 2. The van der Waals surface area contributed by atoms with E-state index in [2.05, 4.69) is 25.1 Å². The Kier molecular flexibility index (Phi) is 3.88. The maximum atomic E-state index is 12.8. The van der Waals surface area contributed by atoms with Crippen LogP contribution in [0.5, 0.6) is 5.75 Å². The molecule has 2 aromatic carbocycles. The molecule has 0 bridgehead atoms. The molecule has 1 N–H and O–H groups in total. The zero-order valence-electron chi connectivity index (χ0n) is 13.0. The van der Waals surface area contributed by atoms with E-state index in [9.17, 15) is 9.90 Å². The fraction of sp³-hybridized carbons (Fsp3) is 0.316. The van der Waals surface area contributed by atoms with Crippen molar-refractivity contribution in [3.8, 4) is 5.75 Å². The summed E-state index contributed by atoms with van der Waals surface area (Å²) in [4.78, 5) is 14.8. The highest BCUT2D eigenvalue weighted by molar-refractivity contribution is 5.95. The van der Waals surface area contributed by atoms with E-state index in [0.29, 0.717) is 12.0 Å². The van der Waals surface area contributed by atoms with Crippen LogP contribution in [-0.2, 0) is 12.8 Å². The number of hydrogen-bond donors (Lipinski definition) is 1. The zero-order chi connectivity index (χ0) is 15.7. The Labute approximate surface area is 131 Å². The third kappa shape index (κ3) is 2.47. The molecule has 1 atom stereocenters. The van der Waals surface area contributed by atoms with Crippen molar-refractivity contribution < 1.29 is 9.90 Å². The topological polar surface area (TPSA) is 40.5 Å². The van der Waals surface area contributed by atoms with Crippen molar-refractivity contribution in [2.45, 2.75) is 32.7 Å². The molecule has 0 saturated carbocycles. The summed E-state index contributed by atoms with van der Waals surface area (Å²) in [6.07, 6.45) is 1.61. The number of fused-ring (bicyclic) bond motifs is 1. The van der Waals surface area contributed by atoms with Crippen molar-refractivity contribution in [2.75, 3.05) is 6.54 Å². The molecule has 1 amide bonds. The third-order valence-electron chi connectivity index (χ3n) is 4.56. The van der Waals surface area contributed by atoms with E-state index in [1.165, 1.54) is 11.1 Å². The van der Waals surface area contributed by atoms with Crippen LogP contribution < -0.4 is 0 Å². The predicted molar refractivity (Wildman–Crippen MR) is 87.1 cm³/mol. The Morgan fingerprint density at radius 3 is 2.82 bits per heavy atom. The van der Waals surface area contributed by atoms with Gasteiger partial charge >= 0.3 is 0 Å². The highest BCUT2D eigenvalue weighted by Gasteiger charge is 2.28. The minimum atomic E-state index is 0.0386. The van der Waals surface area contributed by atoms with Crippen molar-refractivity contribution in [1.82, 2.24) is 4.90 Å².